The third kappa shape index (κ3) is 3.62. The number of morpholine rings is 1. The van der Waals surface area contributed by atoms with Gasteiger partial charge in [-0.15, -0.1) is 0 Å². The Morgan fingerprint density at radius 3 is 2.64 bits per heavy atom. The summed E-state index contributed by atoms with van der Waals surface area (Å²) in [4.78, 5) is 14.5. The van der Waals surface area contributed by atoms with Gasteiger partial charge in [-0.05, 0) is 31.0 Å². The van der Waals surface area contributed by atoms with Crippen molar-refractivity contribution in [2.45, 2.75) is 23.8 Å². The van der Waals surface area contributed by atoms with Crippen LogP contribution in [0.4, 0.5) is 0 Å². The number of hydrogen-bond donors (Lipinski definition) is 0. The number of methoxy groups -OCH3 is 1. The highest BCUT2D eigenvalue weighted by atomic mass is 35.5. The maximum atomic E-state index is 13.0. The molecule has 0 aliphatic carbocycles. The Bertz CT molecular complexity index is 749. The van der Waals surface area contributed by atoms with Gasteiger partial charge in [-0.1, -0.05) is 11.6 Å². The summed E-state index contributed by atoms with van der Waals surface area (Å²) in [5.74, 6) is 0.256. The first-order valence-corrected chi connectivity index (χ1v) is 9.99. The molecule has 0 aromatic heterocycles. The average Bonchev–Trinajstić information content (AvgIpc) is 3.12. The zero-order valence-corrected chi connectivity index (χ0v) is 15.6. The molecule has 1 unspecified atom stereocenters. The molecule has 25 heavy (non-hydrogen) atoms. The number of carbonyl (C=O) groups excluding carboxylic acids is 1. The van der Waals surface area contributed by atoms with E-state index in [-0.39, 0.29) is 15.8 Å². The maximum Gasteiger partial charge on any atom is 0.243 e. The molecule has 1 aromatic rings. The minimum atomic E-state index is -3.80. The van der Waals surface area contributed by atoms with Crippen molar-refractivity contribution in [3.63, 3.8) is 0 Å². The van der Waals surface area contributed by atoms with Crippen LogP contribution < -0.4 is 4.74 Å². The van der Waals surface area contributed by atoms with Crippen LogP contribution in [-0.2, 0) is 19.6 Å². The molecule has 1 amide bonds. The van der Waals surface area contributed by atoms with E-state index in [1.807, 2.05) is 0 Å². The van der Waals surface area contributed by atoms with Crippen LogP contribution in [0.2, 0.25) is 5.02 Å². The number of halogens is 1. The van der Waals surface area contributed by atoms with Crippen molar-refractivity contribution >= 4 is 27.5 Å². The Morgan fingerprint density at radius 2 is 2.00 bits per heavy atom. The van der Waals surface area contributed by atoms with Crippen molar-refractivity contribution in [2.24, 2.45) is 0 Å². The van der Waals surface area contributed by atoms with E-state index in [9.17, 15) is 13.2 Å². The summed E-state index contributed by atoms with van der Waals surface area (Å²) in [7, 11) is -2.34. The molecule has 0 spiro atoms. The molecule has 0 N–H and O–H groups in total. The van der Waals surface area contributed by atoms with Gasteiger partial charge in [0.05, 0.1) is 30.2 Å². The van der Waals surface area contributed by atoms with Gasteiger partial charge >= 0.3 is 0 Å². The molecule has 0 saturated carbocycles. The fraction of sp³-hybridized carbons (Fsp3) is 0.562. The van der Waals surface area contributed by atoms with Crippen LogP contribution in [0.15, 0.2) is 23.1 Å². The number of rotatable bonds is 4. The van der Waals surface area contributed by atoms with E-state index in [2.05, 4.69) is 0 Å². The summed E-state index contributed by atoms with van der Waals surface area (Å²) < 4.78 is 37.6. The van der Waals surface area contributed by atoms with Gasteiger partial charge in [-0.2, -0.15) is 4.31 Å². The van der Waals surface area contributed by atoms with Crippen LogP contribution in [0, 0.1) is 0 Å². The molecule has 2 aliphatic heterocycles. The predicted molar refractivity (Wildman–Crippen MR) is 92.3 cm³/mol. The lowest BCUT2D eigenvalue weighted by Gasteiger charge is -2.32. The Morgan fingerprint density at radius 1 is 1.28 bits per heavy atom. The van der Waals surface area contributed by atoms with E-state index >= 15 is 0 Å². The first kappa shape index (κ1) is 18.4. The van der Waals surface area contributed by atoms with Crippen LogP contribution >= 0.6 is 11.6 Å². The van der Waals surface area contributed by atoms with Crippen LogP contribution in [0.3, 0.4) is 0 Å². The molecule has 2 fully saturated rings. The molecule has 9 heteroatoms. The highest BCUT2D eigenvalue weighted by molar-refractivity contribution is 7.89. The summed E-state index contributed by atoms with van der Waals surface area (Å²) in [6.07, 6.45) is 1.18. The van der Waals surface area contributed by atoms with Crippen LogP contribution in [0.5, 0.6) is 5.75 Å². The Balaban J connectivity index is 1.85. The number of amides is 1. The summed E-state index contributed by atoms with van der Waals surface area (Å²) in [5, 5.41) is 0.221. The quantitative estimate of drug-likeness (QED) is 0.778. The molecule has 138 valence electrons. The zero-order chi connectivity index (χ0) is 18.0. The monoisotopic (exact) mass is 388 g/mol. The standard InChI is InChI=1S/C16H21ClN2O5S/c1-23-15-5-4-12(11-13(15)17)25(21,22)19-6-2-3-14(19)16(20)18-7-9-24-10-8-18/h4-5,11,14H,2-3,6-10H2,1H3. The van der Waals surface area contributed by atoms with E-state index in [4.69, 9.17) is 21.1 Å². The summed E-state index contributed by atoms with van der Waals surface area (Å²) in [6, 6.07) is 3.67. The van der Waals surface area contributed by atoms with E-state index in [0.717, 1.165) is 0 Å². The number of carbonyl (C=O) groups is 1. The molecule has 3 rings (SSSR count). The minimum absolute atomic E-state index is 0.0694. The first-order chi connectivity index (χ1) is 11.9. The first-order valence-electron chi connectivity index (χ1n) is 8.17. The van der Waals surface area contributed by atoms with Gasteiger partial charge in [-0.25, -0.2) is 8.42 Å². The highest BCUT2D eigenvalue weighted by Gasteiger charge is 2.41. The van der Waals surface area contributed by atoms with Gasteiger partial charge in [0.15, 0.2) is 0 Å². The Hall–Kier alpha value is -1.35. The predicted octanol–water partition coefficient (Wildman–Crippen LogP) is 1.36. The van der Waals surface area contributed by atoms with Gasteiger partial charge in [0.2, 0.25) is 15.9 Å². The number of sulfonamides is 1. The van der Waals surface area contributed by atoms with Gasteiger partial charge in [0.25, 0.3) is 0 Å². The number of nitrogens with zero attached hydrogens (tertiary/aromatic N) is 2. The lowest BCUT2D eigenvalue weighted by molar-refractivity contribution is -0.138. The number of hydrogen-bond acceptors (Lipinski definition) is 5. The van der Waals surface area contributed by atoms with Crippen molar-refractivity contribution in [3.8, 4) is 5.75 Å². The summed E-state index contributed by atoms with van der Waals surface area (Å²) in [6.45, 7) is 2.29. The third-order valence-corrected chi connectivity index (χ3v) is 6.74. The molecule has 0 bridgehead atoms. The number of ether oxygens (including phenoxy) is 2. The summed E-state index contributed by atoms with van der Waals surface area (Å²) >= 11 is 6.07. The topological polar surface area (TPSA) is 76.2 Å². The van der Waals surface area contributed by atoms with Crippen LogP contribution in [-0.4, -0.2) is 69.5 Å². The molecule has 1 aromatic carbocycles. The van der Waals surface area contributed by atoms with Crippen molar-refractivity contribution in [1.82, 2.24) is 9.21 Å². The van der Waals surface area contributed by atoms with E-state index < -0.39 is 16.1 Å². The van der Waals surface area contributed by atoms with E-state index in [1.165, 1.54) is 29.6 Å². The second-order valence-electron chi connectivity index (χ2n) is 6.01. The normalized spacial score (nSPS) is 22.2. The average molecular weight is 389 g/mol. The van der Waals surface area contributed by atoms with Crippen molar-refractivity contribution < 1.29 is 22.7 Å². The van der Waals surface area contributed by atoms with Gasteiger partial charge in [-0.3, -0.25) is 4.79 Å². The maximum absolute atomic E-state index is 13.0. The SMILES string of the molecule is COc1ccc(S(=O)(=O)N2CCCC2C(=O)N2CCOCC2)cc1Cl. The smallest absolute Gasteiger partial charge is 0.243 e. The fourth-order valence-electron chi connectivity index (χ4n) is 3.21. The lowest BCUT2D eigenvalue weighted by Crippen LogP contribution is -2.50. The number of benzene rings is 1. The minimum Gasteiger partial charge on any atom is -0.495 e. The molecular formula is C16H21ClN2O5S. The van der Waals surface area contributed by atoms with E-state index in [0.29, 0.717) is 51.4 Å². The van der Waals surface area contributed by atoms with Crippen LogP contribution in [0.25, 0.3) is 0 Å². The van der Waals surface area contributed by atoms with Crippen LogP contribution in [0.1, 0.15) is 12.8 Å². The molecular weight excluding hydrogens is 368 g/mol. The molecule has 2 heterocycles. The van der Waals surface area contributed by atoms with Crippen molar-refractivity contribution in [3.05, 3.63) is 23.2 Å². The fourth-order valence-corrected chi connectivity index (χ4v) is 5.21. The van der Waals surface area contributed by atoms with E-state index in [1.54, 1.807) is 4.90 Å². The second-order valence-corrected chi connectivity index (χ2v) is 8.31. The third-order valence-electron chi connectivity index (χ3n) is 4.54. The van der Waals surface area contributed by atoms with Gasteiger partial charge < -0.3 is 14.4 Å². The second kappa shape index (κ2) is 7.49. The Labute approximate surface area is 152 Å². The van der Waals surface area contributed by atoms with Gasteiger partial charge in [0, 0.05) is 19.6 Å². The summed E-state index contributed by atoms with van der Waals surface area (Å²) in [5.41, 5.74) is 0. The lowest BCUT2D eigenvalue weighted by atomic mass is 10.2. The largest absolute Gasteiger partial charge is 0.495 e. The Kier molecular flexibility index (Phi) is 5.52. The van der Waals surface area contributed by atoms with Gasteiger partial charge in [0.1, 0.15) is 11.8 Å². The highest BCUT2D eigenvalue weighted by Crippen LogP contribution is 2.32. The van der Waals surface area contributed by atoms with Crippen molar-refractivity contribution in [1.29, 1.82) is 0 Å². The molecule has 0 radical (unpaired) electrons. The molecule has 2 saturated heterocycles. The molecule has 1 atom stereocenters. The van der Waals surface area contributed by atoms with Crippen molar-refractivity contribution in [2.75, 3.05) is 40.0 Å². The molecule has 2 aliphatic rings. The molecule has 7 nitrogen and oxygen atoms in total. The zero-order valence-electron chi connectivity index (χ0n) is 14.0.